The molecule has 2 aromatic carbocycles. The number of benzene rings is 2. The third-order valence-corrected chi connectivity index (χ3v) is 5.40. The van der Waals surface area contributed by atoms with Crippen LogP contribution in [0.2, 0.25) is 0 Å². The molecular weight excluding hydrogens is 354 g/mol. The van der Waals surface area contributed by atoms with E-state index in [4.69, 9.17) is 0 Å². The molecule has 0 saturated carbocycles. The maximum Gasteiger partial charge on any atom is 0.310 e. The first kappa shape index (κ1) is 16.2. The summed E-state index contributed by atoms with van der Waals surface area (Å²) in [6.07, 6.45) is 1.87. The van der Waals surface area contributed by atoms with Crippen LogP contribution in [-0.2, 0) is 4.79 Å². The van der Waals surface area contributed by atoms with Crippen LogP contribution in [0.5, 0.6) is 0 Å². The highest BCUT2D eigenvalue weighted by Gasteiger charge is 2.17. The van der Waals surface area contributed by atoms with Crippen molar-refractivity contribution in [3.8, 4) is 11.3 Å². The zero-order valence-electron chi connectivity index (χ0n) is 13.6. The minimum Gasteiger partial charge on any atom is -0.481 e. The van der Waals surface area contributed by atoms with Crippen LogP contribution in [0, 0.1) is 10.1 Å². The van der Waals surface area contributed by atoms with Crippen LogP contribution in [0.3, 0.4) is 0 Å². The lowest BCUT2D eigenvalue weighted by Crippen LogP contribution is -2.07. The molecule has 0 spiro atoms. The fourth-order valence-electron chi connectivity index (χ4n) is 2.82. The zero-order chi connectivity index (χ0) is 18.4. The molecule has 0 aliphatic heterocycles. The lowest BCUT2D eigenvalue weighted by Gasteiger charge is -2.06. The lowest BCUT2D eigenvalue weighted by molar-refractivity contribution is -0.384. The van der Waals surface area contributed by atoms with E-state index < -0.39 is 16.8 Å². The van der Waals surface area contributed by atoms with Crippen LogP contribution in [0.25, 0.3) is 26.4 Å². The van der Waals surface area contributed by atoms with Gasteiger partial charge in [-0.25, -0.2) is 4.98 Å². The van der Waals surface area contributed by atoms with Gasteiger partial charge in [-0.1, -0.05) is 17.4 Å². The minimum absolute atomic E-state index is 0.0347. The Bertz CT molecular complexity index is 1160. The van der Waals surface area contributed by atoms with Crippen LogP contribution in [0.1, 0.15) is 18.4 Å². The molecule has 1 N–H and O–H groups in total. The number of carboxylic acids is 1. The number of imidazole rings is 1. The molecule has 0 bridgehead atoms. The highest BCUT2D eigenvalue weighted by Crippen LogP contribution is 2.32. The number of nitro groups is 1. The molecule has 0 saturated heterocycles. The summed E-state index contributed by atoms with van der Waals surface area (Å²) in [5.41, 5.74) is 3.17. The van der Waals surface area contributed by atoms with Crippen LogP contribution >= 0.6 is 11.3 Å². The Balaban J connectivity index is 1.80. The van der Waals surface area contributed by atoms with E-state index in [1.165, 1.54) is 23.5 Å². The standard InChI is InChI=1S/C18H13N3O4S/c1-10(17(22)23)12-4-7-16-15(8-12)20-9-14(19-18(20)26-16)11-2-5-13(6-3-11)21(24)25/h2-10H,1H3,(H,22,23). The van der Waals surface area contributed by atoms with Gasteiger partial charge in [0.15, 0.2) is 4.96 Å². The smallest absolute Gasteiger partial charge is 0.310 e. The van der Waals surface area contributed by atoms with E-state index in [0.717, 1.165) is 26.3 Å². The first-order chi connectivity index (χ1) is 12.4. The van der Waals surface area contributed by atoms with Crippen molar-refractivity contribution in [3.05, 3.63) is 64.3 Å². The summed E-state index contributed by atoms with van der Waals surface area (Å²) in [7, 11) is 0. The molecule has 2 heterocycles. The number of nitro benzene ring substituents is 1. The van der Waals surface area contributed by atoms with Gasteiger partial charge in [-0.05, 0) is 36.8 Å². The molecule has 0 fully saturated rings. The number of carbonyl (C=O) groups is 1. The van der Waals surface area contributed by atoms with Gasteiger partial charge in [0, 0.05) is 23.9 Å². The van der Waals surface area contributed by atoms with E-state index in [0.29, 0.717) is 5.69 Å². The Kier molecular flexibility index (Phi) is 3.69. The second-order valence-electron chi connectivity index (χ2n) is 5.97. The molecule has 0 radical (unpaired) electrons. The van der Waals surface area contributed by atoms with Crippen molar-refractivity contribution in [3.63, 3.8) is 0 Å². The molecule has 130 valence electrons. The number of hydrogen-bond acceptors (Lipinski definition) is 5. The SMILES string of the molecule is CC(C(=O)O)c1ccc2sc3nc(-c4ccc([N+](=O)[O-])cc4)cn3c2c1. The fourth-order valence-corrected chi connectivity index (χ4v) is 3.81. The number of aliphatic carboxylic acids is 1. The minimum atomic E-state index is -0.868. The number of fused-ring (bicyclic) bond motifs is 3. The molecular formula is C18H13N3O4S. The van der Waals surface area contributed by atoms with Crippen molar-refractivity contribution in [2.45, 2.75) is 12.8 Å². The van der Waals surface area contributed by atoms with Gasteiger partial charge in [-0.15, -0.1) is 0 Å². The highest BCUT2D eigenvalue weighted by atomic mass is 32.1. The van der Waals surface area contributed by atoms with Crippen LogP contribution in [0.4, 0.5) is 5.69 Å². The maximum absolute atomic E-state index is 11.2. The van der Waals surface area contributed by atoms with E-state index in [1.54, 1.807) is 19.1 Å². The number of nitrogens with zero attached hydrogens (tertiary/aromatic N) is 3. The second kappa shape index (κ2) is 5.92. The van der Waals surface area contributed by atoms with Crippen molar-refractivity contribution in [1.29, 1.82) is 0 Å². The quantitative estimate of drug-likeness (QED) is 0.428. The number of rotatable bonds is 4. The van der Waals surface area contributed by atoms with Crippen molar-refractivity contribution >= 4 is 38.2 Å². The van der Waals surface area contributed by atoms with Crippen molar-refractivity contribution in [1.82, 2.24) is 9.38 Å². The number of hydrogen-bond donors (Lipinski definition) is 1. The first-order valence-corrected chi connectivity index (χ1v) is 8.65. The van der Waals surface area contributed by atoms with Gasteiger partial charge in [0.25, 0.3) is 5.69 Å². The average molecular weight is 367 g/mol. The normalized spacial score (nSPS) is 12.5. The number of aromatic nitrogens is 2. The molecule has 4 rings (SSSR count). The van der Waals surface area contributed by atoms with Crippen molar-refractivity contribution in [2.24, 2.45) is 0 Å². The zero-order valence-corrected chi connectivity index (χ0v) is 14.4. The maximum atomic E-state index is 11.2. The molecule has 0 amide bonds. The summed E-state index contributed by atoms with van der Waals surface area (Å²) >= 11 is 1.51. The molecule has 7 nitrogen and oxygen atoms in total. The lowest BCUT2D eigenvalue weighted by atomic mass is 10.0. The second-order valence-corrected chi connectivity index (χ2v) is 6.98. The summed E-state index contributed by atoms with van der Waals surface area (Å²) < 4.78 is 2.94. The van der Waals surface area contributed by atoms with Crippen molar-refractivity contribution in [2.75, 3.05) is 0 Å². The summed E-state index contributed by atoms with van der Waals surface area (Å²) in [6.45, 7) is 1.66. The summed E-state index contributed by atoms with van der Waals surface area (Å²) in [5.74, 6) is -1.46. The molecule has 2 aromatic heterocycles. The van der Waals surface area contributed by atoms with Gasteiger partial charge in [0.2, 0.25) is 0 Å². The number of thiazole rings is 1. The predicted octanol–water partition coefficient (Wildman–Crippen LogP) is 4.31. The van der Waals surface area contributed by atoms with E-state index in [9.17, 15) is 20.0 Å². The number of carboxylic acid groups (broad SMARTS) is 1. The Hall–Kier alpha value is -3.26. The Labute approximate surface area is 151 Å². The Morgan fingerprint density at radius 1 is 1.27 bits per heavy atom. The van der Waals surface area contributed by atoms with Gasteiger partial charge in [-0.2, -0.15) is 0 Å². The van der Waals surface area contributed by atoms with E-state index in [-0.39, 0.29) is 5.69 Å². The Morgan fingerprint density at radius 2 is 2.00 bits per heavy atom. The van der Waals surface area contributed by atoms with Gasteiger partial charge < -0.3 is 5.11 Å². The molecule has 1 atom stereocenters. The molecule has 0 aliphatic rings. The monoisotopic (exact) mass is 367 g/mol. The first-order valence-electron chi connectivity index (χ1n) is 7.83. The summed E-state index contributed by atoms with van der Waals surface area (Å²) in [5, 5.41) is 20.0. The van der Waals surface area contributed by atoms with Gasteiger partial charge in [-0.3, -0.25) is 19.3 Å². The van der Waals surface area contributed by atoms with Gasteiger partial charge in [0.05, 0.1) is 26.8 Å². The topological polar surface area (TPSA) is 97.7 Å². The predicted molar refractivity (Wildman–Crippen MR) is 98.7 cm³/mol. The largest absolute Gasteiger partial charge is 0.481 e. The molecule has 1 unspecified atom stereocenters. The van der Waals surface area contributed by atoms with E-state index >= 15 is 0 Å². The van der Waals surface area contributed by atoms with Crippen molar-refractivity contribution < 1.29 is 14.8 Å². The molecule has 26 heavy (non-hydrogen) atoms. The van der Waals surface area contributed by atoms with E-state index in [1.807, 2.05) is 28.8 Å². The molecule has 0 aliphatic carbocycles. The van der Waals surface area contributed by atoms with Crippen LogP contribution in [0.15, 0.2) is 48.7 Å². The summed E-state index contributed by atoms with van der Waals surface area (Å²) in [4.78, 5) is 27.0. The third-order valence-electron chi connectivity index (χ3n) is 4.36. The van der Waals surface area contributed by atoms with Crippen LogP contribution in [-0.4, -0.2) is 25.4 Å². The highest BCUT2D eigenvalue weighted by molar-refractivity contribution is 7.23. The number of non-ortho nitro benzene ring substituents is 1. The summed E-state index contributed by atoms with van der Waals surface area (Å²) in [6, 6.07) is 11.9. The Morgan fingerprint density at radius 3 is 2.65 bits per heavy atom. The van der Waals surface area contributed by atoms with Gasteiger partial charge in [0.1, 0.15) is 0 Å². The molecule has 8 heteroatoms. The van der Waals surface area contributed by atoms with E-state index in [2.05, 4.69) is 4.98 Å². The molecule has 4 aromatic rings. The van der Waals surface area contributed by atoms with Gasteiger partial charge >= 0.3 is 5.97 Å². The van der Waals surface area contributed by atoms with Crippen LogP contribution < -0.4 is 0 Å². The fraction of sp³-hybridized carbons (Fsp3) is 0.111. The average Bonchev–Trinajstić information content (AvgIpc) is 3.18. The third kappa shape index (κ3) is 2.60.